The SMILES string of the molecule is NS(=O)(=O)C1COC2CC1C2. The highest BCUT2D eigenvalue weighted by Crippen LogP contribution is 2.39. The number of nitrogens with two attached hydrogens (primary N) is 1. The van der Waals surface area contributed by atoms with Crippen LogP contribution in [0.5, 0.6) is 0 Å². The highest BCUT2D eigenvalue weighted by atomic mass is 32.2. The van der Waals surface area contributed by atoms with E-state index in [4.69, 9.17) is 9.88 Å². The van der Waals surface area contributed by atoms with E-state index in [1.54, 1.807) is 0 Å². The van der Waals surface area contributed by atoms with Crippen LogP contribution in [0.2, 0.25) is 0 Å². The second kappa shape index (κ2) is 2.18. The monoisotopic (exact) mass is 177 g/mol. The smallest absolute Gasteiger partial charge is 0.214 e. The van der Waals surface area contributed by atoms with Crippen molar-refractivity contribution in [2.24, 2.45) is 11.1 Å². The number of rotatable bonds is 1. The molecule has 11 heavy (non-hydrogen) atoms. The lowest BCUT2D eigenvalue weighted by atomic mass is 9.78. The van der Waals surface area contributed by atoms with Crippen molar-refractivity contribution in [1.29, 1.82) is 0 Å². The van der Waals surface area contributed by atoms with E-state index in [2.05, 4.69) is 0 Å². The van der Waals surface area contributed by atoms with Crippen LogP contribution in [0, 0.1) is 5.92 Å². The normalized spacial score (nSPS) is 43.2. The predicted molar refractivity (Wildman–Crippen MR) is 39.4 cm³/mol. The van der Waals surface area contributed by atoms with Gasteiger partial charge in [-0.25, -0.2) is 13.6 Å². The summed E-state index contributed by atoms with van der Waals surface area (Å²) in [5.41, 5.74) is 0. The number of sulfonamides is 1. The molecule has 0 aromatic rings. The van der Waals surface area contributed by atoms with Gasteiger partial charge >= 0.3 is 0 Å². The summed E-state index contributed by atoms with van der Waals surface area (Å²) in [5.74, 6) is 0.267. The van der Waals surface area contributed by atoms with Crippen molar-refractivity contribution in [1.82, 2.24) is 0 Å². The fraction of sp³-hybridized carbons (Fsp3) is 1.00. The van der Waals surface area contributed by atoms with Gasteiger partial charge in [-0.05, 0) is 18.8 Å². The Morgan fingerprint density at radius 1 is 1.36 bits per heavy atom. The molecule has 2 saturated heterocycles. The number of primary sulfonamides is 1. The summed E-state index contributed by atoms with van der Waals surface area (Å²) in [6.45, 7) is 0.300. The van der Waals surface area contributed by atoms with Gasteiger partial charge in [0.2, 0.25) is 10.0 Å². The third-order valence-corrected chi connectivity index (χ3v) is 3.94. The summed E-state index contributed by atoms with van der Waals surface area (Å²) >= 11 is 0. The average molecular weight is 177 g/mol. The topological polar surface area (TPSA) is 69.4 Å². The molecule has 3 aliphatic rings. The molecule has 0 spiro atoms. The minimum atomic E-state index is -3.36. The molecule has 1 atom stereocenters. The van der Waals surface area contributed by atoms with Crippen molar-refractivity contribution >= 4 is 10.0 Å². The van der Waals surface area contributed by atoms with E-state index in [-0.39, 0.29) is 5.92 Å². The molecule has 2 bridgehead atoms. The average Bonchev–Trinajstić information content (AvgIpc) is 1.84. The zero-order chi connectivity index (χ0) is 8.06. The van der Waals surface area contributed by atoms with E-state index >= 15 is 0 Å². The molecule has 1 unspecified atom stereocenters. The molecule has 0 amide bonds. The lowest BCUT2D eigenvalue weighted by Crippen LogP contribution is -2.53. The Morgan fingerprint density at radius 3 is 2.27 bits per heavy atom. The zero-order valence-corrected chi connectivity index (χ0v) is 6.88. The van der Waals surface area contributed by atoms with Gasteiger partial charge in [0, 0.05) is 0 Å². The Morgan fingerprint density at radius 2 is 2.00 bits per heavy atom. The quantitative estimate of drug-likeness (QED) is 0.584. The third kappa shape index (κ3) is 1.17. The van der Waals surface area contributed by atoms with Gasteiger partial charge in [-0.15, -0.1) is 0 Å². The third-order valence-electron chi connectivity index (χ3n) is 2.58. The molecule has 3 fully saturated rings. The van der Waals surface area contributed by atoms with Crippen LogP contribution in [0.4, 0.5) is 0 Å². The van der Waals surface area contributed by atoms with E-state index in [1.807, 2.05) is 0 Å². The number of ether oxygens (including phenoxy) is 1. The van der Waals surface area contributed by atoms with Crippen LogP contribution in [0.15, 0.2) is 0 Å². The van der Waals surface area contributed by atoms with Gasteiger partial charge in [0.15, 0.2) is 0 Å². The van der Waals surface area contributed by atoms with Crippen LogP contribution >= 0.6 is 0 Å². The summed E-state index contributed by atoms with van der Waals surface area (Å²) in [7, 11) is -3.36. The van der Waals surface area contributed by atoms with E-state index in [0.717, 1.165) is 12.8 Å². The Labute approximate surface area is 65.8 Å². The van der Waals surface area contributed by atoms with E-state index in [0.29, 0.717) is 12.7 Å². The maximum Gasteiger partial charge on any atom is 0.214 e. The molecule has 4 nitrogen and oxygen atoms in total. The summed E-state index contributed by atoms with van der Waals surface area (Å²) in [4.78, 5) is 0. The van der Waals surface area contributed by atoms with Crippen molar-refractivity contribution in [3.63, 3.8) is 0 Å². The zero-order valence-electron chi connectivity index (χ0n) is 6.06. The Kier molecular flexibility index (Phi) is 1.49. The van der Waals surface area contributed by atoms with E-state index < -0.39 is 15.3 Å². The number of fused-ring (bicyclic) bond motifs is 2. The van der Waals surface area contributed by atoms with Gasteiger partial charge in [0.05, 0.1) is 12.7 Å². The van der Waals surface area contributed by atoms with Crippen LogP contribution < -0.4 is 5.14 Å². The standard InChI is InChI=1S/C6H11NO3S/c7-11(8,9)6-3-10-5-1-4(6)2-5/h4-6H,1-3H2,(H2,7,8,9). The first-order valence-electron chi connectivity index (χ1n) is 3.70. The molecule has 2 aliphatic heterocycles. The summed E-state index contributed by atoms with van der Waals surface area (Å²) in [6, 6.07) is 0. The van der Waals surface area contributed by atoms with Gasteiger partial charge in [-0.3, -0.25) is 0 Å². The van der Waals surface area contributed by atoms with E-state index in [1.165, 1.54) is 0 Å². The molecule has 0 aromatic heterocycles. The second-order valence-corrected chi connectivity index (χ2v) is 5.10. The molecule has 2 heterocycles. The molecular weight excluding hydrogens is 166 g/mol. The molecule has 1 aliphatic carbocycles. The lowest BCUT2D eigenvalue weighted by molar-refractivity contribution is -0.0853. The van der Waals surface area contributed by atoms with Crippen LogP contribution in [-0.2, 0) is 14.8 Å². The molecule has 2 N–H and O–H groups in total. The molecule has 1 saturated carbocycles. The van der Waals surface area contributed by atoms with Crippen molar-refractivity contribution < 1.29 is 13.2 Å². The van der Waals surface area contributed by atoms with Gasteiger partial charge in [0.25, 0.3) is 0 Å². The fourth-order valence-electron chi connectivity index (χ4n) is 1.78. The van der Waals surface area contributed by atoms with Gasteiger partial charge < -0.3 is 4.74 Å². The summed E-state index contributed by atoms with van der Waals surface area (Å²) in [5, 5.41) is 4.58. The van der Waals surface area contributed by atoms with Crippen LogP contribution in [0.25, 0.3) is 0 Å². The van der Waals surface area contributed by atoms with Crippen molar-refractivity contribution in [3.05, 3.63) is 0 Å². The molecule has 64 valence electrons. The molecular formula is C6H11NO3S. The maximum atomic E-state index is 10.9. The largest absolute Gasteiger partial charge is 0.377 e. The van der Waals surface area contributed by atoms with Crippen molar-refractivity contribution in [3.8, 4) is 0 Å². The first-order chi connectivity index (χ1) is 5.07. The molecule has 0 aromatic carbocycles. The number of hydrogen-bond donors (Lipinski definition) is 1. The second-order valence-electron chi connectivity index (χ2n) is 3.31. The number of hydrogen-bond acceptors (Lipinski definition) is 3. The van der Waals surface area contributed by atoms with Crippen LogP contribution in [0.1, 0.15) is 12.8 Å². The summed E-state index contributed by atoms with van der Waals surface area (Å²) < 4.78 is 27.1. The Balaban J connectivity index is 2.15. The molecule has 5 heteroatoms. The Bertz CT molecular complexity index is 252. The van der Waals surface area contributed by atoms with Gasteiger partial charge in [-0.2, -0.15) is 0 Å². The highest BCUT2D eigenvalue weighted by Gasteiger charge is 2.45. The van der Waals surface area contributed by atoms with E-state index in [9.17, 15) is 8.42 Å². The van der Waals surface area contributed by atoms with Crippen molar-refractivity contribution in [2.75, 3.05) is 6.61 Å². The summed E-state index contributed by atoms with van der Waals surface area (Å²) in [6.07, 6.45) is 2.07. The first kappa shape index (κ1) is 7.52. The minimum Gasteiger partial charge on any atom is -0.377 e. The first-order valence-corrected chi connectivity index (χ1v) is 5.31. The minimum absolute atomic E-state index is 0.267. The predicted octanol–water partition coefficient (Wildman–Crippen LogP) is -0.548. The van der Waals surface area contributed by atoms with Crippen LogP contribution in [-0.4, -0.2) is 26.4 Å². The Hall–Kier alpha value is -0.130. The molecule has 3 rings (SSSR count). The highest BCUT2D eigenvalue weighted by molar-refractivity contribution is 7.89. The van der Waals surface area contributed by atoms with Gasteiger partial charge in [-0.1, -0.05) is 0 Å². The molecule has 0 radical (unpaired) electrons. The lowest BCUT2D eigenvalue weighted by Gasteiger charge is -2.44. The van der Waals surface area contributed by atoms with Crippen LogP contribution in [0.3, 0.4) is 0 Å². The fourth-order valence-corrected chi connectivity index (χ4v) is 2.80. The van der Waals surface area contributed by atoms with Gasteiger partial charge in [0.1, 0.15) is 5.25 Å². The van der Waals surface area contributed by atoms with Crippen molar-refractivity contribution in [2.45, 2.75) is 24.2 Å². The maximum absolute atomic E-state index is 10.9.